The number of halogens is 1. The normalized spacial score (nSPS) is 19.6. The molecule has 2 fully saturated rings. The van der Waals surface area contributed by atoms with E-state index in [4.69, 9.17) is 0 Å². The molecule has 6 heteroatoms. The van der Waals surface area contributed by atoms with Gasteiger partial charge in [-0.25, -0.2) is 4.39 Å². The Bertz CT molecular complexity index is 698. The van der Waals surface area contributed by atoms with Crippen LogP contribution in [0.5, 0.6) is 0 Å². The number of carbonyl (C=O) groups is 2. The van der Waals surface area contributed by atoms with Crippen LogP contribution in [0.25, 0.3) is 0 Å². The van der Waals surface area contributed by atoms with Crippen molar-refractivity contribution in [3.8, 4) is 0 Å². The van der Waals surface area contributed by atoms with Crippen LogP contribution in [0.2, 0.25) is 0 Å². The van der Waals surface area contributed by atoms with E-state index in [1.807, 2.05) is 27.8 Å². The highest BCUT2D eigenvalue weighted by Crippen LogP contribution is 2.40. The molecule has 2 amide bonds. The molecule has 0 bridgehead atoms. The van der Waals surface area contributed by atoms with Gasteiger partial charge in [0.1, 0.15) is 5.82 Å². The summed E-state index contributed by atoms with van der Waals surface area (Å²) in [5.41, 5.74) is 0.631. The zero-order chi connectivity index (χ0) is 19.6. The van der Waals surface area contributed by atoms with Crippen molar-refractivity contribution in [3.05, 3.63) is 35.6 Å². The molecular formula is C21H30FN3O2. The third kappa shape index (κ3) is 4.32. The Labute approximate surface area is 161 Å². The minimum atomic E-state index is -0.275. The summed E-state index contributed by atoms with van der Waals surface area (Å²) in [5, 5.41) is 0. The monoisotopic (exact) mass is 375 g/mol. The highest BCUT2D eigenvalue weighted by atomic mass is 19.1. The summed E-state index contributed by atoms with van der Waals surface area (Å²) >= 11 is 0. The van der Waals surface area contributed by atoms with Gasteiger partial charge in [-0.15, -0.1) is 0 Å². The van der Waals surface area contributed by atoms with Crippen LogP contribution in [-0.4, -0.2) is 64.8 Å². The quantitative estimate of drug-likeness (QED) is 0.795. The molecule has 27 heavy (non-hydrogen) atoms. The lowest BCUT2D eigenvalue weighted by molar-refractivity contribution is -0.137. The lowest BCUT2D eigenvalue weighted by atomic mass is 9.84. The number of benzene rings is 1. The maximum Gasteiger partial charge on any atom is 0.236 e. The molecule has 0 radical (unpaired) electrons. The number of piperidine rings is 1. The van der Waals surface area contributed by atoms with Crippen molar-refractivity contribution in [3.63, 3.8) is 0 Å². The molecule has 0 N–H and O–H groups in total. The Morgan fingerprint density at radius 1 is 1.26 bits per heavy atom. The summed E-state index contributed by atoms with van der Waals surface area (Å²) in [6.07, 6.45) is 2.96. The van der Waals surface area contributed by atoms with Gasteiger partial charge < -0.3 is 9.80 Å². The number of hydrogen-bond donors (Lipinski definition) is 0. The van der Waals surface area contributed by atoms with Crippen molar-refractivity contribution >= 4 is 11.8 Å². The van der Waals surface area contributed by atoms with Crippen molar-refractivity contribution in [2.24, 2.45) is 0 Å². The van der Waals surface area contributed by atoms with Crippen LogP contribution >= 0.6 is 0 Å². The SMILES string of the molecule is CC(C)N(C)CC(=O)N1CCC2(CCC(=O)N2Cc2cccc(F)c2)CC1. The maximum absolute atomic E-state index is 13.5. The van der Waals surface area contributed by atoms with Crippen molar-refractivity contribution in [2.75, 3.05) is 26.7 Å². The molecule has 0 unspecified atom stereocenters. The minimum absolute atomic E-state index is 0.138. The smallest absolute Gasteiger partial charge is 0.236 e. The third-order valence-corrected chi connectivity index (χ3v) is 6.22. The summed E-state index contributed by atoms with van der Waals surface area (Å²) in [4.78, 5) is 31.0. The Morgan fingerprint density at radius 2 is 1.96 bits per heavy atom. The lowest BCUT2D eigenvalue weighted by Gasteiger charge is -2.45. The Balaban J connectivity index is 1.64. The van der Waals surface area contributed by atoms with Crippen LogP contribution in [0.4, 0.5) is 4.39 Å². The van der Waals surface area contributed by atoms with Crippen LogP contribution < -0.4 is 0 Å². The van der Waals surface area contributed by atoms with Crippen LogP contribution in [0, 0.1) is 5.82 Å². The first-order valence-electron chi connectivity index (χ1n) is 9.84. The van der Waals surface area contributed by atoms with Crippen molar-refractivity contribution in [1.82, 2.24) is 14.7 Å². The van der Waals surface area contributed by atoms with Crippen LogP contribution in [0.15, 0.2) is 24.3 Å². The predicted molar refractivity (Wildman–Crippen MR) is 102 cm³/mol. The van der Waals surface area contributed by atoms with Crippen LogP contribution in [-0.2, 0) is 16.1 Å². The number of amides is 2. The van der Waals surface area contributed by atoms with Gasteiger partial charge in [-0.05, 0) is 57.9 Å². The second-order valence-corrected chi connectivity index (χ2v) is 8.22. The standard InChI is InChI=1S/C21H30FN3O2/c1-16(2)23(3)15-20(27)24-11-9-21(10-12-24)8-7-19(26)25(21)14-17-5-4-6-18(22)13-17/h4-6,13,16H,7-12,14-15H2,1-3H3. The van der Waals surface area contributed by atoms with E-state index in [2.05, 4.69) is 13.8 Å². The van der Waals surface area contributed by atoms with Crippen molar-refractivity contribution in [2.45, 2.75) is 57.7 Å². The van der Waals surface area contributed by atoms with Gasteiger partial charge in [0.25, 0.3) is 0 Å². The van der Waals surface area contributed by atoms with E-state index in [1.54, 1.807) is 6.07 Å². The first-order chi connectivity index (χ1) is 12.8. The van der Waals surface area contributed by atoms with E-state index in [0.717, 1.165) is 24.8 Å². The van der Waals surface area contributed by atoms with Gasteiger partial charge >= 0.3 is 0 Å². The first-order valence-corrected chi connectivity index (χ1v) is 9.84. The number of rotatable bonds is 5. The van der Waals surface area contributed by atoms with E-state index in [-0.39, 0.29) is 23.2 Å². The Kier molecular flexibility index (Phi) is 5.84. The molecule has 2 aliphatic heterocycles. The molecule has 2 aliphatic rings. The number of carbonyl (C=O) groups excluding carboxylic acids is 2. The predicted octanol–water partition coefficient (Wildman–Crippen LogP) is 2.65. The lowest BCUT2D eigenvalue weighted by Crippen LogP contribution is -2.55. The van der Waals surface area contributed by atoms with E-state index in [9.17, 15) is 14.0 Å². The van der Waals surface area contributed by atoms with Gasteiger partial charge in [0, 0.05) is 37.6 Å². The molecule has 0 aromatic heterocycles. The molecule has 148 valence electrons. The largest absolute Gasteiger partial charge is 0.341 e. The summed E-state index contributed by atoms with van der Waals surface area (Å²) in [7, 11) is 1.96. The molecule has 0 atom stereocenters. The van der Waals surface area contributed by atoms with E-state index < -0.39 is 0 Å². The van der Waals surface area contributed by atoms with Gasteiger partial charge in [-0.2, -0.15) is 0 Å². The van der Waals surface area contributed by atoms with Gasteiger partial charge in [0.15, 0.2) is 0 Å². The van der Waals surface area contributed by atoms with Gasteiger partial charge in [0.05, 0.1) is 6.54 Å². The molecule has 1 spiro atoms. The molecule has 5 nitrogen and oxygen atoms in total. The molecule has 2 saturated heterocycles. The van der Waals surface area contributed by atoms with E-state index in [0.29, 0.717) is 38.6 Å². The van der Waals surface area contributed by atoms with Gasteiger partial charge in [-0.3, -0.25) is 14.5 Å². The van der Waals surface area contributed by atoms with Crippen molar-refractivity contribution < 1.29 is 14.0 Å². The molecule has 1 aromatic rings. The number of nitrogens with zero attached hydrogens (tertiary/aromatic N) is 3. The Morgan fingerprint density at radius 3 is 2.59 bits per heavy atom. The summed E-state index contributed by atoms with van der Waals surface area (Å²) < 4.78 is 13.5. The Hall–Kier alpha value is -1.95. The third-order valence-electron chi connectivity index (χ3n) is 6.22. The fraction of sp³-hybridized carbons (Fsp3) is 0.619. The summed E-state index contributed by atoms with van der Waals surface area (Å²) in [6, 6.07) is 6.80. The van der Waals surface area contributed by atoms with Gasteiger partial charge in [-0.1, -0.05) is 12.1 Å². The van der Waals surface area contributed by atoms with Crippen molar-refractivity contribution in [1.29, 1.82) is 0 Å². The average Bonchev–Trinajstić information content (AvgIpc) is 2.92. The molecule has 1 aromatic carbocycles. The summed E-state index contributed by atoms with van der Waals surface area (Å²) in [5.74, 6) is 0.0171. The van der Waals surface area contributed by atoms with Crippen LogP contribution in [0.1, 0.15) is 45.1 Å². The molecule has 3 rings (SSSR count). The van der Waals surface area contributed by atoms with Crippen LogP contribution in [0.3, 0.4) is 0 Å². The zero-order valence-electron chi connectivity index (χ0n) is 16.6. The van der Waals surface area contributed by atoms with E-state index >= 15 is 0 Å². The number of likely N-dealkylation sites (tertiary alicyclic amines) is 2. The molecule has 2 heterocycles. The topological polar surface area (TPSA) is 43.9 Å². The van der Waals surface area contributed by atoms with Gasteiger partial charge in [0.2, 0.25) is 11.8 Å². The van der Waals surface area contributed by atoms with E-state index in [1.165, 1.54) is 12.1 Å². The second kappa shape index (κ2) is 7.97. The second-order valence-electron chi connectivity index (χ2n) is 8.22. The molecule has 0 aliphatic carbocycles. The zero-order valence-corrected chi connectivity index (χ0v) is 16.6. The molecule has 0 saturated carbocycles. The fourth-order valence-corrected chi connectivity index (χ4v) is 4.14. The maximum atomic E-state index is 13.5. The number of likely N-dealkylation sites (N-methyl/N-ethyl adjacent to an activating group) is 1. The fourth-order valence-electron chi connectivity index (χ4n) is 4.14. The first kappa shape index (κ1) is 19.8. The number of hydrogen-bond acceptors (Lipinski definition) is 3. The minimum Gasteiger partial charge on any atom is -0.341 e. The summed E-state index contributed by atoms with van der Waals surface area (Å²) in [6.45, 7) is 6.38. The highest BCUT2D eigenvalue weighted by Gasteiger charge is 2.47. The average molecular weight is 375 g/mol. The highest BCUT2D eigenvalue weighted by molar-refractivity contribution is 5.80. The molecular weight excluding hydrogens is 345 g/mol.